The second-order valence-electron chi connectivity index (χ2n) is 4.91. The molecule has 15 heavy (non-hydrogen) atoms. The Morgan fingerprint density at radius 1 is 1.27 bits per heavy atom. The first-order chi connectivity index (χ1) is 6.66. The maximum Gasteiger partial charge on any atom is 0.217 e. The van der Waals surface area contributed by atoms with Crippen molar-refractivity contribution in [3.63, 3.8) is 0 Å². The summed E-state index contributed by atoms with van der Waals surface area (Å²) < 4.78 is 0. The first-order valence-corrected chi connectivity index (χ1v) is 5.69. The van der Waals surface area contributed by atoms with E-state index in [1.807, 2.05) is 0 Å². The number of halogens is 1. The molecule has 0 aromatic rings. The Hall–Kier alpha value is -0.280. The van der Waals surface area contributed by atoms with E-state index in [1.165, 1.54) is 19.3 Å². The molecule has 2 atom stereocenters. The predicted molar refractivity (Wildman–Crippen MR) is 62.9 cm³/mol. The normalized spacial score (nSPS) is 39.1. The average molecular weight is 233 g/mol. The zero-order chi connectivity index (χ0) is 10.1. The number of nitrogens with two attached hydrogens (primary N) is 1. The van der Waals surface area contributed by atoms with Crippen molar-refractivity contribution in [1.29, 1.82) is 0 Å². The zero-order valence-corrected chi connectivity index (χ0v) is 10.1. The molecule has 0 aromatic carbocycles. The van der Waals surface area contributed by atoms with Crippen molar-refractivity contribution in [1.82, 2.24) is 5.32 Å². The van der Waals surface area contributed by atoms with Crippen molar-refractivity contribution in [2.24, 2.45) is 17.6 Å². The Morgan fingerprint density at radius 3 is 2.27 bits per heavy atom. The first-order valence-electron chi connectivity index (χ1n) is 5.69. The predicted octanol–water partition coefficient (Wildman–Crippen LogP) is 1.45. The molecular weight excluding hydrogens is 212 g/mol. The molecule has 88 valence electrons. The highest BCUT2D eigenvalue weighted by Crippen LogP contribution is 2.39. The number of carbonyl (C=O) groups is 1. The molecule has 1 amide bonds. The number of carbonyl (C=O) groups excluding carboxylic acids is 1. The Morgan fingerprint density at radius 2 is 1.80 bits per heavy atom. The van der Waals surface area contributed by atoms with E-state index >= 15 is 0 Å². The van der Waals surface area contributed by atoms with Gasteiger partial charge < -0.3 is 11.1 Å². The number of fused-ring (bicyclic) bond motifs is 2. The summed E-state index contributed by atoms with van der Waals surface area (Å²) in [5.41, 5.74) is 6.01. The molecule has 2 bridgehead atoms. The van der Waals surface area contributed by atoms with Gasteiger partial charge in [0.1, 0.15) is 0 Å². The van der Waals surface area contributed by atoms with Gasteiger partial charge in [-0.2, -0.15) is 0 Å². The molecule has 2 saturated carbocycles. The van der Waals surface area contributed by atoms with Gasteiger partial charge in [-0.3, -0.25) is 4.79 Å². The smallest absolute Gasteiger partial charge is 0.217 e. The topological polar surface area (TPSA) is 55.1 Å². The van der Waals surface area contributed by atoms with Crippen LogP contribution in [0.3, 0.4) is 0 Å². The van der Waals surface area contributed by atoms with Crippen LogP contribution < -0.4 is 11.1 Å². The summed E-state index contributed by atoms with van der Waals surface area (Å²) >= 11 is 0. The lowest BCUT2D eigenvalue weighted by Crippen LogP contribution is -2.53. The number of rotatable bonds is 1. The summed E-state index contributed by atoms with van der Waals surface area (Å²) in [6, 6.07) is 0.788. The van der Waals surface area contributed by atoms with Crippen LogP contribution >= 0.6 is 12.4 Å². The summed E-state index contributed by atoms with van der Waals surface area (Å²) in [5.74, 6) is 1.39. The van der Waals surface area contributed by atoms with E-state index in [1.54, 1.807) is 6.92 Å². The van der Waals surface area contributed by atoms with E-state index < -0.39 is 0 Å². The molecule has 0 aromatic heterocycles. The molecule has 0 aliphatic heterocycles. The number of hydrogen-bond acceptors (Lipinski definition) is 2. The summed E-state index contributed by atoms with van der Waals surface area (Å²) in [6.45, 7) is 1.62. The molecule has 2 fully saturated rings. The number of amides is 1. The van der Waals surface area contributed by atoms with Crippen molar-refractivity contribution < 1.29 is 4.79 Å². The van der Waals surface area contributed by atoms with E-state index in [0.717, 1.165) is 12.8 Å². The third-order valence-electron chi connectivity index (χ3n) is 3.75. The largest absolute Gasteiger partial charge is 0.353 e. The second-order valence-corrected chi connectivity index (χ2v) is 4.91. The van der Waals surface area contributed by atoms with Crippen LogP contribution in [0.25, 0.3) is 0 Å². The molecule has 2 unspecified atom stereocenters. The second kappa shape index (κ2) is 5.17. The molecule has 4 heteroatoms. The molecule has 0 saturated heterocycles. The van der Waals surface area contributed by atoms with Gasteiger partial charge >= 0.3 is 0 Å². The van der Waals surface area contributed by atoms with Gasteiger partial charge in [-0.1, -0.05) is 6.42 Å². The van der Waals surface area contributed by atoms with Crippen LogP contribution in [0, 0.1) is 11.8 Å². The van der Waals surface area contributed by atoms with E-state index in [9.17, 15) is 4.79 Å². The molecule has 0 radical (unpaired) electrons. The van der Waals surface area contributed by atoms with Gasteiger partial charge in [0.2, 0.25) is 5.91 Å². The first kappa shape index (κ1) is 12.8. The van der Waals surface area contributed by atoms with Gasteiger partial charge in [0, 0.05) is 19.0 Å². The van der Waals surface area contributed by atoms with Crippen molar-refractivity contribution in [3.8, 4) is 0 Å². The van der Waals surface area contributed by atoms with Crippen molar-refractivity contribution in [2.75, 3.05) is 0 Å². The Bertz CT molecular complexity index is 221. The summed E-state index contributed by atoms with van der Waals surface area (Å²) in [5, 5.41) is 3.11. The molecule has 0 spiro atoms. The van der Waals surface area contributed by atoms with Crippen LogP contribution in [0.4, 0.5) is 0 Å². The quantitative estimate of drug-likeness (QED) is 0.719. The highest BCUT2D eigenvalue weighted by atomic mass is 35.5. The van der Waals surface area contributed by atoms with Crippen LogP contribution in [0.15, 0.2) is 0 Å². The molecule has 2 rings (SSSR count). The fraction of sp³-hybridized carbons (Fsp3) is 0.909. The maximum absolute atomic E-state index is 11.1. The fourth-order valence-electron chi connectivity index (χ4n) is 3.26. The monoisotopic (exact) mass is 232 g/mol. The number of hydrogen-bond donors (Lipinski definition) is 2. The van der Waals surface area contributed by atoms with E-state index in [-0.39, 0.29) is 18.3 Å². The molecule has 3 N–H and O–H groups in total. The molecule has 2 aliphatic carbocycles. The van der Waals surface area contributed by atoms with E-state index in [0.29, 0.717) is 23.9 Å². The lowest BCUT2D eigenvalue weighted by atomic mass is 9.67. The van der Waals surface area contributed by atoms with Gasteiger partial charge in [0.25, 0.3) is 0 Å². The zero-order valence-electron chi connectivity index (χ0n) is 9.24. The molecular formula is C11H21ClN2O. The van der Waals surface area contributed by atoms with Gasteiger partial charge in [0.05, 0.1) is 0 Å². The van der Waals surface area contributed by atoms with Crippen LogP contribution in [-0.4, -0.2) is 18.0 Å². The Labute approximate surface area is 97.6 Å². The van der Waals surface area contributed by atoms with Crippen LogP contribution in [0.1, 0.15) is 39.0 Å². The Kier molecular flexibility index (Phi) is 4.41. The van der Waals surface area contributed by atoms with Crippen LogP contribution in [0.2, 0.25) is 0 Å². The third-order valence-corrected chi connectivity index (χ3v) is 3.75. The van der Waals surface area contributed by atoms with Crippen LogP contribution in [0.5, 0.6) is 0 Å². The third kappa shape index (κ3) is 2.85. The van der Waals surface area contributed by atoms with Gasteiger partial charge in [-0.05, 0) is 37.5 Å². The molecule has 0 heterocycles. The highest BCUT2D eigenvalue weighted by Gasteiger charge is 2.39. The molecule has 3 nitrogen and oxygen atoms in total. The van der Waals surface area contributed by atoms with E-state index in [4.69, 9.17) is 5.73 Å². The minimum Gasteiger partial charge on any atom is -0.353 e. The van der Waals surface area contributed by atoms with Crippen molar-refractivity contribution in [2.45, 2.75) is 51.1 Å². The fourth-order valence-corrected chi connectivity index (χ4v) is 3.26. The standard InChI is InChI=1S/C11H20N2O.ClH/c1-7(14)13-11-8-3-2-4-9(11)6-10(12)5-8;/h8-11H,2-6,12H2,1H3,(H,13,14);1H. The minimum absolute atomic E-state index is 0. The molecule has 2 aliphatic rings. The van der Waals surface area contributed by atoms with Crippen LogP contribution in [-0.2, 0) is 4.79 Å². The van der Waals surface area contributed by atoms with Gasteiger partial charge in [-0.15, -0.1) is 12.4 Å². The van der Waals surface area contributed by atoms with Gasteiger partial charge in [0.15, 0.2) is 0 Å². The number of nitrogens with one attached hydrogen (secondary N) is 1. The summed E-state index contributed by atoms with van der Waals surface area (Å²) in [4.78, 5) is 11.1. The minimum atomic E-state index is 0. The van der Waals surface area contributed by atoms with Gasteiger partial charge in [-0.25, -0.2) is 0 Å². The SMILES string of the molecule is CC(=O)NC1C2CCCC1CC(N)C2.Cl. The lowest BCUT2D eigenvalue weighted by Gasteiger charge is -2.45. The average Bonchev–Trinajstić information content (AvgIpc) is 2.05. The Balaban J connectivity index is 0.00000112. The van der Waals surface area contributed by atoms with Crippen molar-refractivity contribution in [3.05, 3.63) is 0 Å². The summed E-state index contributed by atoms with van der Waals surface area (Å²) in [7, 11) is 0. The van der Waals surface area contributed by atoms with E-state index in [2.05, 4.69) is 5.32 Å². The lowest BCUT2D eigenvalue weighted by molar-refractivity contribution is -0.121. The highest BCUT2D eigenvalue weighted by molar-refractivity contribution is 5.85. The maximum atomic E-state index is 11.1. The summed E-state index contributed by atoms with van der Waals surface area (Å²) in [6.07, 6.45) is 6.01. The van der Waals surface area contributed by atoms with Crippen molar-refractivity contribution >= 4 is 18.3 Å².